The van der Waals surface area contributed by atoms with E-state index < -0.39 is 0 Å². The van der Waals surface area contributed by atoms with Crippen molar-refractivity contribution in [3.63, 3.8) is 0 Å². The minimum Gasteiger partial charge on any atom is -0.326 e. The van der Waals surface area contributed by atoms with E-state index in [0.717, 1.165) is 5.57 Å². The largest absolute Gasteiger partial charge is 0.326 e. The standard InChI is InChI=1S/C9H12FN/c1-7-5-8(6-11)3-2-4-9(7)10/h2-3,5H,4,6,11H2,1H3. The van der Waals surface area contributed by atoms with E-state index in [-0.39, 0.29) is 5.83 Å². The van der Waals surface area contributed by atoms with Crippen LogP contribution in [0.5, 0.6) is 0 Å². The highest BCUT2D eigenvalue weighted by molar-refractivity contribution is 5.35. The molecule has 0 saturated carbocycles. The van der Waals surface area contributed by atoms with Gasteiger partial charge >= 0.3 is 0 Å². The first kappa shape index (κ1) is 8.21. The summed E-state index contributed by atoms with van der Waals surface area (Å²) >= 11 is 0. The van der Waals surface area contributed by atoms with Gasteiger partial charge < -0.3 is 5.73 Å². The van der Waals surface area contributed by atoms with Crippen LogP contribution in [0.2, 0.25) is 0 Å². The van der Waals surface area contributed by atoms with Crippen molar-refractivity contribution < 1.29 is 4.39 Å². The van der Waals surface area contributed by atoms with Gasteiger partial charge in [0.1, 0.15) is 5.83 Å². The number of hydrogen-bond donors (Lipinski definition) is 1. The summed E-state index contributed by atoms with van der Waals surface area (Å²) in [6.45, 7) is 2.24. The van der Waals surface area contributed by atoms with Gasteiger partial charge in [-0.2, -0.15) is 0 Å². The van der Waals surface area contributed by atoms with Crippen molar-refractivity contribution in [2.75, 3.05) is 6.54 Å². The Morgan fingerprint density at radius 1 is 1.64 bits per heavy atom. The SMILES string of the molecule is CC1=C(F)CC=CC(CN)=C1. The summed E-state index contributed by atoms with van der Waals surface area (Å²) in [7, 11) is 0. The smallest absolute Gasteiger partial charge is 0.107 e. The highest BCUT2D eigenvalue weighted by atomic mass is 19.1. The van der Waals surface area contributed by atoms with Crippen LogP contribution in [-0.4, -0.2) is 6.54 Å². The van der Waals surface area contributed by atoms with E-state index >= 15 is 0 Å². The van der Waals surface area contributed by atoms with Gasteiger partial charge in [0.2, 0.25) is 0 Å². The average Bonchev–Trinajstić information content (AvgIpc) is 2.15. The third-order valence-corrected chi connectivity index (χ3v) is 1.69. The van der Waals surface area contributed by atoms with Crippen molar-refractivity contribution in [2.45, 2.75) is 13.3 Å². The molecule has 0 aromatic carbocycles. The maximum atomic E-state index is 12.9. The molecule has 0 aromatic rings. The van der Waals surface area contributed by atoms with E-state index in [1.165, 1.54) is 0 Å². The Labute approximate surface area is 66.1 Å². The van der Waals surface area contributed by atoms with Gasteiger partial charge in [0.25, 0.3) is 0 Å². The van der Waals surface area contributed by atoms with Gasteiger partial charge in [-0.1, -0.05) is 18.2 Å². The van der Waals surface area contributed by atoms with E-state index in [2.05, 4.69) is 0 Å². The van der Waals surface area contributed by atoms with Crippen LogP contribution in [0.1, 0.15) is 13.3 Å². The fraction of sp³-hybridized carbons (Fsp3) is 0.333. The Balaban J connectivity index is 2.92. The molecule has 0 bridgehead atoms. The maximum Gasteiger partial charge on any atom is 0.107 e. The zero-order valence-corrected chi connectivity index (χ0v) is 6.60. The molecule has 2 heteroatoms. The van der Waals surface area contributed by atoms with E-state index in [9.17, 15) is 4.39 Å². The zero-order valence-electron chi connectivity index (χ0n) is 6.60. The Hall–Kier alpha value is -0.890. The first-order valence-corrected chi connectivity index (χ1v) is 3.66. The normalized spacial score (nSPS) is 18.3. The second kappa shape index (κ2) is 3.49. The Morgan fingerprint density at radius 3 is 3.00 bits per heavy atom. The molecular formula is C9H12FN. The lowest BCUT2D eigenvalue weighted by molar-refractivity contribution is 0.609. The van der Waals surface area contributed by atoms with Crippen LogP contribution >= 0.6 is 0 Å². The number of hydrogen-bond acceptors (Lipinski definition) is 1. The van der Waals surface area contributed by atoms with Gasteiger partial charge in [-0.25, -0.2) is 4.39 Å². The van der Waals surface area contributed by atoms with Crippen LogP contribution in [0, 0.1) is 0 Å². The first-order valence-electron chi connectivity index (χ1n) is 3.66. The second-order valence-electron chi connectivity index (χ2n) is 2.62. The van der Waals surface area contributed by atoms with Gasteiger partial charge in [-0.05, 0) is 18.1 Å². The number of allylic oxidation sites excluding steroid dienone is 4. The van der Waals surface area contributed by atoms with Gasteiger partial charge in [-0.15, -0.1) is 0 Å². The quantitative estimate of drug-likeness (QED) is 0.613. The fourth-order valence-corrected chi connectivity index (χ4v) is 1.01. The van der Waals surface area contributed by atoms with Crippen LogP contribution in [0.15, 0.2) is 35.2 Å². The number of nitrogens with two attached hydrogens (primary N) is 1. The molecule has 0 heterocycles. The number of rotatable bonds is 1. The molecule has 1 rings (SSSR count). The molecular weight excluding hydrogens is 141 g/mol. The van der Waals surface area contributed by atoms with E-state index in [4.69, 9.17) is 5.73 Å². The van der Waals surface area contributed by atoms with E-state index in [1.54, 1.807) is 19.1 Å². The van der Waals surface area contributed by atoms with Crippen molar-refractivity contribution in [3.8, 4) is 0 Å². The first-order chi connectivity index (χ1) is 5.24. The molecule has 1 nitrogen and oxygen atoms in total. The number of halogens is 1. The molecule has 0 saturated heterocycles. The van der Waals surface area contributed by atoms with Crippen LogP contribution in [-0.2, 0) is 0 Å². The fourth-order valence-electron chi connectivity index (χ4n) is 1.01. The highest BCUT2D eigenvalue weighted by Crippen LogP contribution is 2.17. The molecule has 0 radical (unpaired) electrons. The summed E-state index contributed by atoms with van der Waals surface area (Å²) in [6.07, 6.45) is 5.85. The van der Waals surface area contributed by atoms with Crippen molar-refractivity contribution >= 4 is 0 Å². The molecule has 1 aliphatic rings. The summed E-state index contributed by atoms with van der Waals surface area (Å²) in [4.78, 5) is 0. The summed E-state index contributed by atoms with van der Waals surface area (Å²) in [5, 5.41) is 0. The zero-order chi connectivity index (χ0) is 8.27. The third kappa shape index (κ3) is 2.02. The summed E-state index contributed by atoms with van der Waals surface area (Å²) in [6, 6.07) is 0. The van der Waals surface area contributed by atoms with Crippen molar-refractivity contribution in [1.29, 1.82) is 0 Å². The maximum absolute atomic E-state index is 12.9. The Bertz CT molecular complexity index is 236. The minimum atomic E-state index is -0.0651. The van der Waals surface area contributed by atoms with Crippen molar-refractivity contribution in [1.82, 2.24) is 0 Å². The average molecular weight is 153 g/mol. The van der Waals surface area contributed by atoms with Crippen LogP contribution in [0.4, 0.5) is 4.39 Å². The topological polar surface area (TPSA) is 26.0 Å². The summed E-state index contributed by atoms with van der Waals surface area (Å²) in [5.74, 6) is -0.0651. The molecule has 0 amide bonds. The lowest BCUT2D eigenvalue weighted by Gasteiger charge is -1.95. The van der Waals surface area contributed by atoms with Gasteiger partial charge in [-0.3, -0.25) is 0 Å². The van der Waals surface area contributed by atoms with Crippen molar-refractivity contribution in [2.24, 2.45) is 5.73 Å². The molecule has 60 valence electrons. The minimum absolute atomic E-state index is 0.0651. The van der Waals surface area contributed by atoms with Crippen LogP contribution in [0.3, 0.4) is 0 Å². The monoisotopic (exact) mass is 153 g/mol. The van der Waals surface area contributed by atoms with Crippen molar-refractivity contribution in [3.05, 3.63) is 35.2 Å². The molecule has 0 aromatic heterocycles. The molecule has 2 N–H and O–H groups in total. The van der Waals surface area contributed by atoms with Gasteiger partial charge in [0.05, 0.1) is 0 Å². The van der Waals surface area contributed by atoms with Gasteiger partial charge in [0.15, 0.2) is 0 Å². The summed E-state index contributed by atoms with van der Waals surface area (Å²) < 4.78 is 12.9. The predicted octanol–water partition coefficient (Wildman–Crippen LogP) is 2.07. The van der Waals surface area contributed by atoms with Crippen LogP contribution in [0.25, 0.3) is 0 Å². The molecule has 0 atom stereocenters. The molecule has 0 unspecified atom stereocenters. The lowest BCUT2D eigenvalue weighted by atomic mass is 10.2. The predicted molar refractivity (Wildman–Crippen MR) is 44.7 cm³/mol. The summed E-state index contributed by atoms with van der Waals surface area (Å²) in [5.41, 5.74) is 7.09. The Morgan fingerprint density at radius 2 is 2.36 bits per heavy atom. The molecule has 0 aliphatic heterocycles. The molecule has 0 fully saturated rings. The molecule has 1 aliphatic carbocycles. The Kier molecular flexibility index (Phi) is 2.60. The molecule has 11 heavy (non-hydrogen) atoms. The van der Waals surface area contributed by atoms with E-state index in [0.29, 0.717) is 18.5 Å². The third-order valence-electron chi connectivity index (χ3n) is 1.69. The second-order valence-corrected chi connectivity index (χ2v) is 2.62. The molecule has 0 spiro atoms. The highest BCUT2D eigenvalue weighted by Gasteiger charge is 2.01. The van der Waals surface area contributed by atoms with E-state index in [1.807, 2.05) is 6.08 Å². The van der Waals surface area contributed by atoms with Gasteiger partial charge in [0, 0.05) is 13.0 Å². The van der Waals surface area contributed by atoms with Crippen LogP contribution < -0.4 is 5.73 Å². The lowest BCUT2D eigenvalue weighted by Crippen LogP contribution is -2.00.